The fourth-order valence-electron chi connectivity index (χ4n) is 2.54. The zero-order valence-corrected chi connectivity index (χ0v) is 10.3. The topological polar surface area (TPSA) is 85.2 Å². The molecule has 1 saturated carbocycles. The highest BCUT2D eigenvalue weighted by molar-refractivity contribution is 5.00. The first-order valence-corrected chi connectivity index (χ1v) is 6.44. The zero-order chi connectivity index (χ0) is 12.3. The summed E-state index contributed by atoms with van der Waals surface area (Å²) in [6.45, 7) is 2.07. The maximum Gasteiger partial charge on any atom is 0.245 e. The summed E-state index contributed by atoms with van der Waals surface area (Å²) in [7, 11) is 0. The van der Waals surface area contributed by atoms with Crippen LogP contribution >= 0.6 is 0 Å². The molecular formula is C12H21N3O2. The second-order valence-electron chi connectivity index (χ2n) is 4.92. The van der Waals surface area contributed by atoms with Gasteiger partial charge in [0.25, 0.3) is 0 Å². The van der Waals surface area contributed by atoms with Crippen molar-refractivity contribution in [2.45, 2.75) is 51.0 Å². The molecule has 1 fully saturated rings. The fourth-order valence-corrected chi connectivity index (χ4v) is 2.54. The first-order chi connectivity index (χ1) is 8.24. The molecule has 0 saturated heterocycles. The van der Waals surface area contributed by atoms with E-state index >= 15 is 0 Å². The normalized spacial score (nSPS) is 27.0. The van der Waals surface area contributed by atoms with Crippen molar-refractivity contribution < 1.29 is 9.63 Å². The molecule has 0 aromatic carbocycles. The number of hydrogen-bond donors (Lipinski definition) is 2. The van der Waals surface area contributed by atoms with Gasteiger partial charge in [-0.2, -0.15) is 4.98 Å². The van der Waals surface area contributed by atoms with Gasteiger partial charge in [0, 0.05) is 5.92 Å². The molecule has 3 unspecified atom stereocenters. The molecule has 1 aliphatic rings. The van der Waals surface area contributed by atoms with Gasteiger partial charge in [-0.3, -0.25) is 0 Å². The number of aromatic nitrogens is 2. The minimum absolute atomic E-state index is 0.163. The van der Waals surface area contributed by atoms with Crippen molar-refractivity contribution in [3.8, 4) is 0 Å². The molecule has 1 aromatic rings. The summed E-state index contributed by atoms with van der Waals surface area (Å²) >= 11 is 0. The van der Waals surface area contributed by atoms with E-state index < -0.39 is 6.04 Å². The van der Waals surface area contributed by atoms with Crippen LogP contribution < -0.4 is 5.73 Å². The fraction of sp³-hybridized carbons (Fsp3) is 0.833. The molecule has 2 rings (SSSR count). The van der Waals surface area contributed by atoms with Crippen molar-refractivity contribution in [1.82, 2.24) is 10.1 Å². The number of nitrogens with two attached hydrogens (primary N) is 1. The Morgan fingerprint density at radius 1 is 1.53 bits per heavy atom. The zero-order valence-electron chi connectivity index (χ0n) is 10.3. The molecule has 1 heterocycles. The molecule has 3 N–H and O–H groups in total. The van der Waals surface area contributed by atoms with Crippen LogP contribution in [-0.2, 0) is 0 Å². The maximum atomic E-state index is 8.94. The van der Waals surface area contributed by atoms with Crippen LogP contribution in [0.4, 0.5) is 0 Å². The summed E-state index contributed by atoms with van der Waals surface area (Å²) in [6.07, 6.45) is 6.04. The van der Waals surface area contributed by atoms with Crippen LogP contribution in [0.15, 0.2) is 4.52 Å². The van der Waals surface area contributed by atoms with Crippen LogP contribution in [0, 0.1) is 5.92 Å². The Balaban J connectivity index is 2.04. The average Bonchev–Trinajstić information content (AvgIpc) is 2.87. The lowest BCUT2D eigenvalue weighted by Gasteiger charge is -2.26. The summed E-state index contributed by atoms with van der Waals surface area (Å²) in [5, 5.41) is 12.9. The van der Waals surface area contributed by atoms with E-state index in [-0.39, 0.29) is 6.61 Å². The smallest absolute Gasteiger partial charge is 0.245 e. The number of nitrogens with zero attached hydrogens (tertiary/aromatic N) is 2. The Kier molecular flexibility index (Phi) is 4.12. The molecule has 0 radical (unpaired) electrons. The minimum Gasteiger partial charge on any atom is -0.394 e. The Morgan fingerprint density at radius 3 is 3.06 bits per heavy atom. The van der Waals surface area contributed by atoms with Gasteiger partial charge in [0.2, 0.25) is 5.89 Å². The lowest BCUT2D eigenvalue weighted by atomic mass is 9.80. The Bertz CT molecular complexity index is 353. The van der Waals surface area contributed by atoms with Gasteiger partial charge >= 0.3 is 0 Å². The summed E-state index contributed by atoms with van der Waals surface area (Å²) in [5.41, 5.74) is 5.64. The molecule has 5 nitrogen and oxygen atoms in total. The van der Waals surface area contributed by atoms with Crippen LogP contribution in [0.3, 0.4) is 0 Å². The first kappa shape index (κ1) is 12.5. The van der Waals surface area contributed by atoms with Gasteiger partial charge in [-0.05, 0) is 18.8 Å². The SMILES string of the molecule is CCC1CCCC(c2noc(C(N)CO)n2)C1. The van der Waals surface area contributed by atoms with E-state index in [1.54, 1.807) is 0 Å². The number of aliphatic hydroxyl groups is 1. The van der Waals surface area contributed by atoms with E-state index in [0.717, 1.165) is 24.6 Å². The number of hydrogen-bond acceptors (Lipinski definition) is 5. The van der Waals surface area contributed by atoms with Crippen molar-refractivity contribution in [2.75, 3.05) is 6.61 Å². The van der Waals surface area contributed by atoms with Crippen molar-refractivity contribution in [3.63, 3.8) is 0 Å². The van der Waals surface area contributed by atoms with Crippen molar-refractivity contribution in [2.24, 2.45) is 11.7 Å². The predicted octanol–water partition coefficient (Wildman–Crippen LogP) is 1.75. The van der Waals surface area contributed by atoms with Crippen LogP contribution in [0.2, 0.25) is 0 Å². The van der Waals surface area contributed by atoms with E-state index in [0.29, 0.717) is 11.8 Å². The van der Waals surface area contributed by atoms with Gasteiger partial charge in [-0.1, -0.05) is 31.3 Å². The van der Waals surface area contributed by atoms with Crippen LogP contribution in [0.25, 0.3) is 0 Å². The average molecular weight is 239 g/mol. The molecule has 5 heteroatoms. The quantitative estimate of drug-likeness (QED) is 0.836. The van der Waals surface area contributed by atoms with Crippen molar-refractivity contribution >= 4 is 0 Å². The summed E-state index contributed by atoms with van der Waals surface area (Å²) in [4.78, 5) is 4.31. The third-order valence-corrected chi connectivity index (χ3v) is 3.70. The molecule has 1 aliphatic carbocycles. The third-order valence-electron chi connectivity index (χ3n) is 3.70. The van der Waals surface area contributed by atoms with Crippen LogP contribution in [0.5, 0.6) is 0 Å². The Labute approximate surface area is 101 Å². The molecule has 3 atom stereocenters. The third kappa shape index (κ3) is 2.84. The predicted molar refractivity (Wildman–Crippen MR) is 63.3 cm³/mol. The molecule has 1 aromatic heterocycles. The molecule has 96 valence electrons. The van der Waals surface area contributed by atoms with Gasteiger partial charge in [-0.15, -0.1) is 0 Å². The molecule has 17 heavy (non-hydrogen) atoms. The standard InChI is InChI=1S/C12H21N3O2/c1-2-8-4-3-5-9(6-8)11-14-12(17-15-11)10(13)7-16/h8-10,16H,2-7,13H2,1H3. The van der Waals surface area contributed by atoms with Gasteiger partial charge < -0.3 is 15.4 Å². The highest BCUT2D eigenvalue weighted by atomic mass is 16.5. The lowest BCUT2D eigenvalue weighted by Crippen LogP contribution is -2.16. The molecule has 0 spiro atoms. The summed E-state index contributed by atoms with van der Waals surface area (Å²) in [5.74, 6) is 2.29. The van der Waals surface area contributed by atoms with Gasteiger partial charge in [0.15, 0.2) is 5.82 Å². The second kappa shape index (κ2) is 5.60. The van der Waals surface area contributed by atoms with Crippen molar-refractivity contribution in [3.05, 3.63) is 11.7 Å². The van der Waals surface area contributed by atoms with E-state index in [1.807, 2.05) is 0 Å². The largest absolute Gasteiger partial charge is 0.394 e. The highest BCUT2D eigenvalue weighted by Gasteiger charge is 2.26. The Hall–Kier alpha value is -0.940. The van der Waals surface area contributed by atoms with Gasteiger partial charge in [0.1, 0.15) is 6.04 Å². The van der Waals surface area contributed by atoms with E-state index in [9.17, 15) is 0 Å². The lowest BCUT2D eigenvalue weighted by molar-refractivity contribution is 0.236. The van der Waals surface area contributed by atoms with Gasteiger partial charge in [0.05, 0.1) is 6.61 Å². The number of aliphatic hydroxyl groups excluding tert-OH is 1. The van der Waals surface area contributed by atoms with Crippen LogP contribution in [-0.4, -0.2) is 21.9 Å². The molecule has 0 aliphatic heterocycles. The van der Waals surface area contributed by atoms with Gasteiger partial charge in [-0.25, -0.2) is 0 Å². The first-order valence-electron chi connectivity index (χ1n) is 6.44. The van der Waals surface area contributed by atoms with E-state index in [2.05, 4.69) is 17.1 Å². The van der Waals surface area contributed by atoms with E-state index in [4.69, 9.17) is 15.4 Å². The maximum absolute atomic E-state index is 8.94. The Morgan fingerprint density at radius 2 is 2.35 bits per heavy atom. The van der Waals surface area contributed by atoms with E-state index in [1.165, 1.54) is 19.3 Å². The summed E-state index contributed by atoms with van der Waals surface area (Å²) < 4.78 is 5.09. The molecule has 0 amide bonds. The molecule has 0 bridgehead atoms. The molecular weight excluding hydrogens is 218 g/mol. The monoisotopic (exact) mass is 239 g/mol. The second-order valence-corrected chi connectivity index (χ2v) is 4.92. The van der Waals surface area contributed by atoms with Crippen molar-refractivity contribution in [1.29, 1.82) is 0 Å². The number of rotatable bonds is 4. The summed E-state index contributed by atoms with van der Waals surface area (Å²) in [6, 6.07) is -0.554. The minimum atomic E-state index is -0.554. The highest BCUT2D eigenvalue weighted by Crippen LogP contribution is 2.36. The van der Waals surface area contributed by atoms with Crippen LogP contribution in [0.1, 0.15) is 62.7 Å².